The third kappa shape index (κ3) is 10.8. The summed E-state index contributed by atoms with van der Waals surface area (Å²) in [5.74, 6) is -0.578. The Hall–Kier alpha value is -4.48. The van der Waals surface area contributed by atoms with Crippen LogP contribution in [0.15, 0.2) is 120 Å². The first-order chi connectivity index (χ1) is 23.9. The van der Waals surface area contributed by atoms with Gasteiger partial charge in [0.1, 0.15) is 29.2 Å². The molecule has 0 amide bonds. The molecule has 1 fully saturated rings. The Labute approximate surface area is 290 Å². The smallest absolute Gasteiger partial charge is 0.338 e. The van der Waals surface area contributed by atoms with Crippen molar-refractivity contribution in [3.8, 4) is 5.75 Å². The van der Waals surface area contributed by atoms with Crippen molar-refractivity contribution in [2.45, 2.75) is 67.7 Å². The quantitative estimate of drug-likeness (QED) is 0.117. The van der Waals surface area contributed by atoms with Gasteiger partial charge >= 0.3 is 11.9 Å². The highest BCUT2D eigenvalue weighted by atomic mass is 32.2. The highest BCUT2D eigenvalue weighted by molar-refractivity contribution is 7.99. The fourth-order valence-electron chi connectivity index (χ4n) is 5.23. The molecule has 256 valence electrons. The van der Waals surface area contributed by atoms with Crippen LogP contribution >= 0.6 is 11.8 Å². The van der Waals surface area contributed by atoms with Gasteiger partial charge in [0.25, 0.3) is 0 Å². The van der Waals surface area contributed by atoms with Crippen LogP contribution in [-0.4, -0.2) is 61.3 Å². The molecule has 10 heteroatoms. The fourth-order valence-corrected chi connectivity index (χ4v) is 6.36. The molecular formula is C39H40O9S. The molecular weight excluding hydrogens is 644 g/mol. The van der Waals surface area contributed by atoms with E-state index in [0.29, 0.717) is 5.56 Å². The van der Waals surface area contributed by atoms with Gasteiger partial charge in [-0.25, -0.2) is 4.79 Å². The monoisotopic (exact) mass is 684 g/mol. The number of Topliss-reactive ketones (excluding diaryl/α,β-unsaturated/α-hetero) is 1. The predicted molar refractivity (Wildman–Crippen MR) is 184 cm³/mol. The van der Waals surface area contributed by atoms with E-state index in [0.717, 1.165) is 21.8 Å². The Bertz CT molecular complexity index is 1620. The summed E-state index contributed by atoms with van der Waals surface area (Å²) < 4.78 is 36.9. The summed E-state index contributed by atoms with van der Waals surface area (Å²) in [6.45, 7) is 1.86. The molecule has 49 heavy (non-hydrogen) atoms. The molecule has 0 unspecified atom stereocenters. The predicted octanol–water partition coefficient (Wildman–Crippen LogP) is 6.82. The molecule has 5 atom stereocenters. The van der Waals surface area contributed by atoms with E-state index in [4.69, 9.17) is 28.4 Å². The molecule has 1 saturated heterocycles. The van der Waals surface area contributed by atoms with Gasteiger partial charge in [0.15, 0.2) is 12.2 Å². The molecule has 0 N–H and O–H groups in total. The number of rotatable bonds is 16. The van der Waals surface area contributed by atoms with Crippen molar-refractivity contribution in [3.05, 3.63) is 132 Å². The molecule has 0 spiro atoms. The molecule has 4 aromatic carbocycles. The number of ketones is 1. The molecule has 0 aromatic heterocycles. The first-order valence-electron chi connectivity index (χ1n) is 16.1. The van der Waals surface area contributed by atoms with Gasteiger partial charge in [-0.05, 0) is 54.4 Å². The van der Waals surface area contributed by atoms with Crippen LogP contribution in [0.25, 0.3) is 0 Å². The zero-order chi connectivity index (χ0) is 34.4. The number of carbonyl (C=O) groups excluding carboxylic acids is 3. The number of methoxy groups -OCH3 is 1. The van der Waals surface area contributed by atoms with Crippen molar-refractivity contribution in [2.75, 3.05) is 13.7 Å². The molecule has 0 aliphatic carbocycles. The summed E-state index contributed by atoms with van der Waals surface area (Å²) >= 11 is 1.37. The van der Waals surface area contributed by atoms with Crippen molar-refractivity contribution in [3.63, 3.8) is 0 Å². The van der Waals surface area contributed by atoms with Gasteiger partial charge in [-0.3, -0.25) is 4.79 Å². The second-order valence-corrected chi connectivity index (χ2v) is 12.7. The summed E-state index contributed by atoms with van der Waals surface area (Å²) in [6, 6.07) is 35.3. The van der Waals surface area contributed by atoms with E-state index in [9.17, 15) is 14.4 Å². The molecule has 4 aromatic rings. The third-order valence-electron chi connectivity index (χ3n) is 7.78. The maximum absolute atomic E-state index is 13.6. The number of thioether (sulfide) groups is 1. The minimum Gasteiger partial charge on any atom is -0.497 e. The van der Waals surface area contributed by atoms with E-state index in [1.807, 2.05) is 91.0 Å². The van der Waals surface area contributed by atoms with E-state index >= 15 is 0 Å². The second kappa shape index (κ2) is 18.3. The van der Waals surface area contributed by atoms with E-state index in [2.05, 4.69) is 0 Å². The lowest BCUT2D eigenvalue weighted by molar-refractivity contribution is -0.237. The summed E-state index contributed by atoms with van der Waals surface area (Å²) in [5.41, 5.74) is 1.38. The highest BCUT2D eigenvalue weighted by Gasteiger charge is 2.51. The van der Waals surface area contributed by atoms with Crippen molar-refractivity contribution in [2.24, 2.45) is 0 Å². The average Bonchev–Trinajstić information content (AvgIpc) is 3.13. The third-order valence-corrected chi connectivity index (χ3v) is 8.94. The minimum atomic E-state index is -1.04. The van der Waals surface area contributed by atoms with E-state index in [-0.39, 0.29) is 38.4 Å². The molecule has 0 radical (unpaired) electrons. The summed E-state index contributed by atoms with van der Waals surface area (Å²) in [7, 11) is 1.61. The van der Waals surface area contributed by atoms with Crippen LogP contribution in [0, 0.1) is 0 Å². The van der Waals surface area contributed by atoms with Gasteiger partial charge in [-0.2, -0.15) is 0 Å². The molecule has 1 aliphatic heterocycles. The van der Waals surface area contributed by atoms with Gasteiger partial charge in [0, 0.05) is 11.3 Å². The lowest BCUT2D eigenvalue weighted by Gasteiger charge is -2.45. The van der Waals surface area contributed by atoms with Crippen LogP contribution in [0.1, 0.15) is 41.3 Å². The first kappa shape index (κ1) is 35.8. The van der Waals surface area contributed by atoms with Crippen LogP contribution < -0.4 is 4.74 Å². The Morgan fingerprint density at radius 1 is 0.694 bits per heavy atom. The van der Waals surface area contributed by atoms with Crippen molar-refractivity contribution in [1.29, 1.82) is 0 Å². The van der Waals surface area contributed by atoms with Crippen molar-refractivity contribution < 1.29 is 42.8 Å². The number of carbonyl (C=O) groups is 3. The summed E-state index contributed by atoms with van der Waals surface area (Å²) in [6.07, 6.45) is -3.91. The normalized spacial score (nSPS) is 20.2. The van der Waals surface area contributed by atoms with Crippen LogP contribution in [0.4, 0.5) is 0 Å². The van der Waals surface area contributed by atoms with Crippen molar-refractivity contribution in [1.82, 2.24) is 0 Å². The zero-order valence-electron chi connectivity index (χ0n) is 27.5. The highest BCUT2D eigenvalue weighted by Crippen LogP contribution is 2.38. The van der Waals surface area contributed by atoms with Gasteiger partial charge in [-0.1, -0.05) is 90.6 Å². The molecule has 0 saturated carbocycles. The Morgan fingerprint density at radius 3 is 1.98 bits per heavy atom. The van der Waals surface area contributed by atoms with Crippen LogP contribution in [0.2, 0.25) is 0 Å². The Kier molecular flexibility index (Phi) is 13.4. The Morgan fingerprint density at radius 2 is 1.33 bits per heavy atom. The Balaban J connectivity index is 1.48. The standard InChI is InChI=1S/C39H40O9S/c1-27(40)18-23-34(41)47-35-33(26-44-24-29-19-21-31(43-2)22-20-29)46-39(49-32-16-10-5-11-17-32)37(48-38(42)30-14-8-4-9-15-30)36(35)45-25-28-12-6-3-7-13-28/h3-17,19-22,33,35-37,39H,18,23-26H2,1-2H3/t33-,35+,36-,37+,39-/m0/s1. The van der Waals surface area contributed by atoms with Gasteiger partial charge in [-0.15, -0.1) is 0 Å². The molecule has 1 heterocycles. The van der Waals surface area contributed by atoms with Crippen molar-refractivity contribution >= 4 is 29.5 Å². The topological polar surface area (TPSA) is 107 Å². The first-order valence-corrected chi connectivity index (χ1v) is 17.0. The number of benzene rings is 4. The van der Waals surface area contributed by atoms with E-state index in [1.54, 1.807) is 31.4 Å². The maximum atomic E-state index is 13.6. The zero-order valence-corrected chi connectivity index (χ0v) is 28.3. The SMILES string of the molecule is COc1ccc(COC[C@@H]2O[C@@H](Sc3ccccc3)[C@H](OC(=O)c3ccccc3)[C@@H](OCc3ccccc3)[C@@H]2OC(=O)CCC(C)=O)cc1. The number of esters is 2. The molecule has 0 bridgehead atoms. The lowest BCUT2D eigenvalue weighted by Crippen LogP contribution is -2.61. The largest absolute Gasteiger partial charge is 0.497 e. The van der Waals surface area contributed by atoms with Gasteiger partial charge in [0.2, 0.25) is 0 Å². The number of hydrogen-bond donors (Lipinski definition) is 0. The van der Waals surface area contributed by atoms with Gasteiger partial charge < -0.3 is 33.2 Å². The second-order valence-electron chi connectivity index (χ2n) is 11.5. The van der Waals surface area contributed by atoms with Crippen LogP contribution in [0.5, 0.6) is 5.75 Å². The minimum absolute atomic E-state index is 0.0273. The number of hydrogen-bond acceptors (Lipinski definition) is 10. The molecule has 9 nitrogen and oxygen atoms in total. The fraction of sp³-hybridized carbons (Fsp3) is 0.308. The summed E-state index contributed by atoms with van der Waals surface area (Å²) in [4.78, 5) is 39.4. The maximum Gasteiger partial charge on any atom is 0.338 e. The number of ether oxygens (including phenoxy) is 6. The van der Waals surface area contributed by atoms with E-state index in [1.165, 1.54) is 18.7 Å². The average molecular weight is 685 g/mol. The molecule has 1 aliphatic rings. The summed E-state index contributed by atoms with van der Waals surface area (Å²) in [5, 5.41) is 0. The van der Waals surface area contributed by atoms with E-state index < -0.39 is 41.8 Å². The van der Waals surface area contributed by atoms with Gasteiger partial charge in [0.05, 0.1) is 38.9 Å². The van der Waals surface area contributed by atoms with Crippen LogP contribution in [0.3, 0.4) is 0 Å². The van der Waals surface area contributed by atoms with Crippen LogP contribution in [-0.2, 0) is 46.5 Å². The molecule has 5 rings (SSSR count). The lowest BCUT2D eigenvalue weighted by atomic mass is 9.98.